The van der Waals surface area contributed by atoms with Crippen molar-refractivity contribution < 1.29 is 10.2 Å². The highest BCUT2D eigenvalue weighted by atomic mass is 16.3. The van der Waals surface area contributed by atoms with Gasteiger partial charge in [0.05, 0.1) is 5.69 Å². The van der Waals surface area contributed by atoms with E-state index in [1.54, 1.807) is 24.3 Å². The first kappa shape index (κ1) is 7.18. The maximum absolute atomic E-state index is 9.35. The van der Waals surface area contributed by atoms with E-state index in [9.17, 15) is 5.11 Å². The average Bonchev–Trinajstić information content (AvgIpc) is 2.07. The molecule has 0 spiro atoms. The lowest BCUT2D eigenvalue weighted by atomic mass is 10.1. The largest absolute Gasteiger partial charge is 0.506 e. The molecule has 0 fully saturated rings. The molecule has 3 heteroatoms. The third-order valence-corrected chi connectivity index (χ3v) is 1.75. The zero-order valence-corrected chi connectivity index (χ0v) is 6.28. The second-order valence-electron chi connectivity index (χ2n) is 2.58. The van der Waals surface area contributed by atoms with Gasteiger partial charge < -0.3 is 15.5 Å². The van der Waals surface area contributed by atoms with Crippen molar-refractivity contribution in [1.29, 1.82) is 0 Å². The van der Waals surface area contributed by atoms with E-state index in [1.807, 2.05) is 6.07 Å². The third kappa shape index (κ3) is 1.04. The van der Waals surface area contributed by atoms with Gasteiger partial charge in [0.1, 0.15) is 5.75 Å². The summed E-state index contributed by atoms with van der Waals surface area (Å²) < 4.78 is 0. The minimum absolute atomic E-state index is 0.0454. The summed E-state index contributed by atoms with van der Waals surface area (Å²) in [4.78, 5) is 0. The summed E-state index contributed by atoms with van der Waals surface area (Å²) in [6, 6.07) is 5.17. The first-order valence-electron chi connectivity index (χ1n) is 3.60. The molecular weight excluding hydrogens is 154 g/mol. The summed E-state index contributed by atoms with van der Waals surface area (Å²) in [5, 5.41) is 21.1. The number of phenols is 1. The second-order valence-corrected chi connectivity index (χ2v) is 2.58. The first-order chi connectivity index (χ1) is 5.77. The highest BCUT2D eigenvalue weighted by Gasteiger charge is 2.13. The van der Waals surface area contributed by atoms with Crippen molar-refractivity contribution in [3.8, 4) is 5.75 Å². The summed E-state index contributed by atoms with van der Waals surface area (Å²) in [5.41, 5.74) is 1.42. The molecule has 0 amide bonds. The van der Waals surface area contributed by atoms with Crippen LogP contribution in [0.2, 0.25) is 0 Å². The number of hydrogen-bond acceptors (Lipinski definition) is 3. The van der Waals surface area contributed by atoms with E-state index < -0.39 is 0 Å². The van der Waals surface area contributed by atoms with Crippen LogP contribution in [-0.2, 0) is 0 Å². The molecule has 0 bridgehead atoms. The number of rotatable bonds is 0. The lowest BCUT2D eigenvalue weighted by Crippen LogP contribution is -2.10. The maximum atomic E-state index is 9.35. The Balaban J connectivity index is 2.53. The Kier molecular flexibility index (Phi) is 1.52. The molecule has 0 unspecified atom stereocenters. The average molecular weight is 162 g/mol. The van der Waals surface area contributed by atoms with Crippen LogP contribution < -0.4 is 5.32 Å². The number of aromatic hydroxyl groups is 1. The number of benzene rings is 1. The molecule has 1 radical (unpaired) electrons. The van der Waals surface area contributed by atoms with Gasteiger partial charge >= 0.3 is 0 Å². The molecule has 2 rings (SSSR count). The predicted octanol–water partition coefficient (Wildman–Crippen LogP) is 1.69. The lowest BCUT2D eigenvalue weighted by Gasteiger charge is -2.17. The van der Waals surface area contributed by atoms with Crippen molar-refractivity contribution in [1.82, 2.24) is 0 Å². The molecule has 0 saturated heterocycles. The number of para-hydroxylation sites is 1. The number of anilines is 1. The van der Waals surface area contributed by atoms with Crippen molar-refractivity contribution in [3.63, 3.8) is 0 Å². The third-order valence-electron chi connectivity index (χ3n) is 1.75. The van der Waals surface area contributed by atoms with Crippen molar-refractivity contribution in [2.45, 2.75) is 0 Å². The Morgan fingerprint density at radius 1 is 1.08 bits per heavy atom. The van der Waals surface area contributed by atoms with Gasteiger partial charge in [0.2, 0.25) is 6.23 Å². The van der Waals surface area contributed by atoms with Gasteiger partial charge in [0.25, 0.3) is 0 Å². The summed E-state index contributed by atoms with van der Waals surface area (Å²) in [6.07, 6.45) is 3.33. The molecule has 1 heterocycles. The molecule has 0 saturated carbocycles. The van der Waals surface area contributed by atoms with Crippen LogP contribution in [0.3, 0.4) is 0 Å². The van der Waals surface area contributed by atoms with Crippen LogP contribution in [0.15, 0.2) is 24.3 Å². The van der Waals surface area contributed by atoms with Crippen LogP contribution in [-0.4, -0.2) is 10.2 Å². The SMILES string of the molecule is O[C]1C=Cc2cccc(O)c2N1. The van der Waals surface area contributed by atoms with Gasteiger partial charge in [-0.1, -0.05) is 18.2 Å². The zero-order chi connectivity index (χ0) is 8.55. The fraction of sp³-hybridized carbons (Fsp3) is 0. The number of aliphatic hydroxyl groups is 1. The summed E-state index contributed by atoms with van der Waals surface area (Å²) >= 11 is 0. The number of nitrogens with one attached hydrogen (secondary N) is 1. The van der Waals surface area contributed by atoms with E-state index in [4.69, 9.17) is 5.11 Å². The van der Waals surface area contributed by atoms with Gasteiger partial charge in [-0.3, -0.25) is 0 Å². The van der Waals surface area contributed by atoms with E-state index >= 15 is 0 Å². The maximum Gasteiger partial charge on any atom is 0.208 e. The standard InChI is InChI=1S/C9H8NO2/c11-7-3-1-2-6-4-5-8(12)10-9(6)7/h1-5,10-12H. The molecule has 3 N–H and O–H groups in total. The predicted molar refractivity (Wildman–Crippen MR) is 45.9 cm³/mol. The van der Waals surface area contributed by atoms with E-state index in [0.717, 1.165) is 5.56 Å². The number of fused-ring (bicyclic) bond motifs is 1. The van der Waals surface area contributed by atoms with E-state index in [-0.39, 0.29) is 12.0 Å². The molecule has 1 aliphatic rings. The number of phenolic OH excluding ortho intramolecular Hbond substituents is 1. The molecule has 12 heavy (non-hydrogen) atoms. The van der Waals surface area contributed by atoms with Crippen LogP contribution in [0.4, 0.5) is 5.69 Å². The van der Waals surface area contributed by atoms with Gasteiger partial charge in [-0.25, -0.2) is 0 Å². The zero-order valence-electron chi connectivity index (χ0n) is 6.28. The van der Waals surface area contributed by atoms with Crippen LogP contribution in [0, 0.1) is 6.23 Å². The minimum atomic E-state index is 0.0454. The van der Waals surface area contributed by atoms with E-state index in [0.29, 0.717) is 5.69 Å². The fourth-order valence-corrected chi connectivity index (χ4v) is 1.17. The second kappa shape index (κ2) is 2.53. The van der Waals surface area contributed by atoms with E-state index in [2.05, 4.69) is 5.32 Å². The molecule has 1 aliphatic heterocycles. The van der Waals surface area contributed by atoms with Crippen molar-refractivity contribution in [2.75, 3.05) is 5.32 Å². The topological polar surface area (TPSA) is 52.5 Å². The summed E-state index contributed by atoms with van der Waals surface area (Å²) in [5.74, 6) is 0.142. The highest BCUT2D eigenvalue weighted by molar-refractivity contribution is 5.77. The first-order valence-corrected chi connectivity index (χ1v) is 3.60. The van der Waals surface area contributed by atoms with E-state index in [1.165, 1.54) is 0 Å². The molecule has 0 atom stereocenters. The van der Waals surface area contributed by atoms with Gasteiger partial charge in [-0.15, -0.1) is 0 Å². The molecule has 0 aromatic heterocycles. The summed E-state index contributed by atoms with van der Waals surface area (Å²) in [7, 11) is 0. The minimum Gasteiger partial charge on any atom is -0.506 e. The number of aliphatic hydroxyl groups excluding tert-OH is 1. The molecule has 0 aliphatic carbocycles. The van der Waals surface area contributed by atoms with Crippen LogP contribution in [0.1, 0.15) is 5.56 Å². The van der Waals surface area contributed by atoms with Gasteiger partial charge in [-0.2, -0.15) is 0 Å². The molecule has 3 nitrogen and oxygen atoms in total. The molecule has 1 aromatic carbocycles. The Hall–Kier alpha value is -1.48. The van der Waals surface area contributed by atoms with Crippen LogP contribution in [0.5, 0.6) is 5.75 Å². The van der Waals surface area contributed by atoms with Crippen LogP contribution >= 0.6 is 0 Å². The Morgan fingerprint density at radius 3 is 2.75 bits per heavy atom. The quantitative estimate of drug-likeness (QED) is 0.509. The Labute approximate surface area is 70.0 Å². The Bertz CT molecular complexity index is 333. The van der Waals surface area contributed by atoms with Crippen molar-refractivity contribution in [3.05, 3.63) is 36.1 Å². The Morgan fingerprint density at radius 2 is 1.92 bits per heavy atom. The van der Waals surface area contributed by atoms with Gasteiger partial charge in [0, 0.05) is 5.56 Å². The van der Waals surface area contributed by atoms with Crippen molar-refractivity contribution in [2.24, 2.45) is 0 Å². The monoisotopic (exact) mass is 162 g/mol. The van der Waals surface area contributed by atoms with Crippen molar-refractivity contribution >= 4 is 11.8 Å². The molecular formula is C9H8NO2. The lowest BCUT2D eigenvalue weighted by molar-refractivity contribution is 0.352. The smallest absolute Gasteiger partial charge is 0.208 e. The van der Waals surface area contributed by atoms with Gasteiger partial charge in [0.15, 0.2) is 0 Å². The van der Waals surface area contributed by atoms with Gasteiger partial charge in [-0.05, 0) is 12.1 Å². The van der Waals surface area contributed by atoms with Crippen LogP contribution in [0.25, 0.3) is 6.08 Å². The highest BCUT2D eigenvalue weighted by Crippen LogP contribution is 2.32. The number of hydrogen-bond donors (Lipinski definition) is 3. The molecule has 1 aromatic rings. The summed E-state index contributed by atoms with van der Waals surface area (Å²) in [6.45, 7) is 0. The normalized spacial score (nSPS) is 15.4. The fourth-order valence-electron chi connectivity index (χ4n) is 1.17. The molecule has 61 valence electrons.